The van der Waals surface area contributed by atoms with Crippen molar-refractivity contribution in [2.75, 3.05) is 19.1 Å². The molecule has 0 fully saturated rings. The number of nitrogens with zero attached hydrogens (tertiary/aromatic N) is 3. The van der Waals surface area contributed by atoms with Gasteiger partial charge in [0.05, 0.1) is 12.8 Å². The van der Waals surface area contributed by atoms with Crippen molar-refractivity contribution in [1.29, 1.82) is 0 Å². The highest BCUT2D eigenvalue weighted by molar-refractivity contribution is 9.10. The van der Waals surface area contributed by atoms with E-state index in [1.165, 1.54) is 19.1 Å². The van der Waals surface area contributed by atoms with Crippen molar-refractivity contribution >= 4 is 27.4 Å². The molecule has 0 aliphatic heterocycles. The lowest BCUT2D eigenvalue weighted by Gasteiger charge is -2.23. The second kappa shape index (κ2) is 5.88. The van der Waals surface area contributed by atoms with Gasteiger partial charge in [-0.25, -0.2) is 4.98 Å². The first-order chi connectivity index (χ1) is 9.84. The van der Waals surface area contributed by atoms with E-state index in [-0.39, 0.29) is 11.8 Å². The Kier molecular flexibility index (Phi) is 4.36. The first-order valence-electron chi connectivity index (χ1n) is 5.81. The molecule has 2 rings (SSSR count). The van der Waals surface area contributed by atoms with Crippen LogP contribution >= 0.6 is 15.9 Å². The van der Waals surface area contributed by atoms with Gasteiger partial charge in [0.2, 0.25) is 0 Å². The van der Waals surface area contributed by atoms with Crippen LogP contribution in [0.5, 0.6) is 6.01 Å². The number of halogens is 4. The summed E-state index contributed by atoms with van der Waals surface area (Å²) in [4.78, 5) is 8.69. The number of rotatable bonds is 3. The largest absolute Gasteiger partial charge is 0.467 e. The molecule has 4 nitrogen and oxygen atoms in total. The molecule has 21 heavy (non-hydrogen) atoms. The third kappa shape index (κ3) is 3.26. The summed E-state index contributed by atoms with van der Waals surface area (Å²) in [6.07, 6.45) is -3.84. The van der Waals surface area contributed by atoms with Crippen LogP contribution in [0.25, 0.3) is 0 Å². The van der Waals surface area contributed by atoms with Crippen molar-refractivity contribution in [1.82, 2.24) is 9.97 Å². The number of hydrogen-bond donors (Lipinski definition) is 0. The molecule has 0 saturated carbocycles. The topological polar surface area (TPSA) is 38.2 Å². The summed E-state index contributed by atoms with van der Waals surface area (Å²) >= 11 is 3.31. The summed E-state index contributed by atoms with van der Waals surface area (Å²) in [5.74, 6) is -0.277. The summed E-state index contributed by atoms with van der Waals surface area (Å²) < 4.78 is 44.8. The fourth-order valence-corrected chi connectivity index (χ4v) is 2.30. The predicted molar refractivity (Wildman–Crippen MR) is 75.8 cm³/mol. The van der Waals surface area contributed by atoms with Crippen LogP contribution in [0.1, 0.15) is 5.56 Å². The van der Waals surface area contributed by atoms with E-state index in [4.69, 9.17) is 4.74 Å². The monoisotopic (exact) mass is 361 g/mol. The van der Waals surface area contributed by atoms with E-state index in [1.807, 2.05) is 0 Å². The van der Waals surface area contributed by atoms with Crippen LogP contribution < -0.4 is 9.64 Å². The van der Waals surface area contributed by atoms with Crippen LogP contribution in [0.4, 0.5) is 24.7 Å². The molecule has 0 N–H and O–H groups in total. The second-order valence-corrected chi connectivity index (χ2v) is 4.96. The Hall–Kier alpha value is -1.83. The van der Waals surface area contributed by atoms with Crippen molar-refractivity contribution in [3.8, 4) is 6.01 Å². The highest BCUT2D eigenvalue weighted by Gasteiger charge is 2.36. The van der Waals surface area contributed by atoms with E-state index in [0.717, 1.165) is 0 Å². The number of para-hydroxylation sites is 1. The van der Waals surface area contributed by atoms with Crippen molar-refractivity contribution in [3.63, 3.8) is 0 Å². The molecule has 2 aromatic rings. The van der Waals surface area contributed by atoms with E-state index < -0.39 is 11.7 Å². The molecule has 0 radical (unpaired) electrons. The minimum atomic E-state index is -4.56. The Morgan fingerprint density at radius 2 is 1.90 bits per heavy atom. The van der Waals surface area contributed by atoms with Crippen molar-refractivity contribution in [2.45, 2.75) is 6.18 Å². The average molecular weight is 362 g/mol. The number of anilines is 2. The molecule has 0 spiro atoms. The number of hydrogen-bond acceptors (Lipinski definition) is 4. The van der Waals surface area contributed by atoms with E-state index >= 15 is 0 Å². The molecule has 0 aliphatic carbocycles. The van der Waals surface area contributed by atoms with Gasteiger partial charge in [-0.05, 0) is 28.1 Å². The van der Waals surface area contributed by atoms with Gasteiger partial charge in [-0.2, -0.15) is 18.2 Å². The summed E-state index contributed by atoms with van der Waals surface area (Å²) in [7, 11) is 2.79. The third-order valence-electron chi connectivity index (χ3n) is 2.77. The number of benzene rings is 1. The SMILES string of the molecule is COc1ncc(C(F)(F)F)c(N(C)c2ccccc2Br)n1. The highest BCUT2D eigenvalue weighted by atomic mass is 79.9. The average Bonchev–Trinajstić information content (AvgIpc) is 2.45. The van der Waals surface area contributed by atoms with Gasteiger partial charge in [-0.15, -0.1) is 0 Å². The van der Waals surface area contributed by atoms with Crippen molar-refractivity contribution in [3.05, 3.63) is 40.5 Å². The zero-order valence-corrected chi connectivity index (χ0v) is 12.7. The van der Waals surface area contributed by atoms with Crippen LogP contribution in [0, 0.1) is 0 Å². The molecule has 1 heterocycles. The zero-order valence-electron chi connectivity index (χ0n) is 11.1. The van der Waals surface area contributed by atoms with E-state index in [0.29, 0.717) is 16.4 Å². The van der Waals surface area contributed by atoms with Crippen LogP contribution in [0.15, 0.2) is 34.9 Å². The Bertz CT molecular complexity index is 649. The van der Waals surface area contributed by atoms with Gasteiger partial charge >= 0.3 is 12.2 Å². The van der Waals surface area contributed by atoms with Crippen LogP contribution in [-0.4, -0.2) is 24.1 Å². The zero-order chi connectivity index (χ0) is 15.6. The standard InChI is InChI=1S/C13H11BrF3N3O/c1-20(10-6-4-3-5-9(10)14)11-8(13(15,16)17)7-18-12(19-11)21-2/h3-7H,1-2H3. The fourth-order valence-electron chi connectivity index (χ4n) is 1.75. The lowest BCUT2D eigenvalue weighted by Crippen LogP contribution is -2.19. The van der Waals surface area contributed by atoms with Gasteiger partial charge in [0, 0.05) is 17.7 Å². The van der Waals surface area contributed by atoms with Gasteiger partial charge < -0.3 is 9.64 Å². The molecule has 0 aliphatic rings. The van der Waals surface area contributed by atoms with E-state index in [1.54, 1.807) is 24.3 Å². The van der Waals surface area contributed by atoms with E-state index in [2.05, 4.69) is 25.9 Å². The molecule has 0 bridgehead atoms. The van der Waals surface area contributed by atoms with Gasteiger partial charge in [0.1, 0.15) is 5.56 Å². The maximum absolute atomic E-state index is 13.1. The third-order valence-corrected chi connectivity index (χ3v) is 3.44. The minimum Gasteiger partial charge on any atom is -0.467 e. The summed E-state index contributed by atoms with van der Waals surface area (Å²) in [6, 6.07) is 6.78. The molecular formula is C13H11BrF3N3O. The maximum atomic E-state index is 13.1. The number of ether oxygens (including phenoxy) is 1. The molecule has 0 atom stereocenters. The van der Waals surface area contributed by atoms with E-state index in [9.17, 15) is 13.2 Å². The smallest absolute Gasteiger partial charge is 0.421 e. The fraction of sp³-hybridized carbons (Fsp3) is 0.231. The molecule has 8 heteroatoms. The molecule has 0 amide bonds. The van der Waals surface area contributed by atoms with Gasteiger partial charge in [0.25, 0.3) is 0 Å². The van der Waals surface area contributed by atoms with Gasteiger partial charge in [0.15, 0.2) is 5.82 Å². The highest BCUT2D eigenvalue weighted by Crippen LogP contribution is 2.39. The summed E-state index contributed by atoms with van der Waals surface area (Å²) in [6.45, 7) is 0. The van der Waals surface area contributed by atoms with Crippen molar-refractivity contribution in [2.24, 2.45) is 0 Å². The number of aromatic nitrogens is 2. The summed E-state index contributed by atoms with van der Waals surface area (Å²) in [5, 5.41) is 0. The van der Waals surface area contributed by atoms with Crippen LogP contribution in [0.2, 0.25) is 0 Å². The predicted octanol–water partition coefficient (Wildman–Crippen LogP) is 4.03. The molecule has 1 aromatic carbocycles. The Morgan fingerprint density at radius 1 is 1.24 bits per heavy atom. The second-order valence-electron chi connectivity index (χ2n) is 4.10. The lowest BCUT2D eigenvalue weighted by molar-refractivity contribution is -0.137. The molecule has 112 valence electrons. The van der Waals surface area contributed by atoms with Crippen molar-refractivity contribution < 1.29 is 17.9 Å². The first kappa shape index (κ1) is 15.6. The van der Waals surface area contributed by atoms with Crippen LogP contribution in [-0.2, 0) is 6.18 Å². The van der Waals surface area contributed by atoms with Crippen LogP contribution in [0.3, 0.4) is 0 Å². The van der Waals surface area contributed by atoms with Gasteiger partial charge in [-0.1, -0.05) is 12.1 Å². The quantitative estimate of drug-likeness (QED) is 0.826. The molecule has 0 saturated heterocycles. The Morgan fingerprint density at radius 3 is 2.48 bits per heavy atom. The number of alkyl halides is 3. The normalized spacial score (nSPS) is 11.3. The Balaban J connectivity index is 2.58. The van der Waals surface area contributed by atoms with Gasteiger partial charge in [-0.3, -0.25) is 0 Å². The maximum Gasteiger partial charge on any atom is 0.421 e. The first-order valence-corrected chi connectivity index (χ1v) is 6.60. The number of methoxy groups -OCH3 is 1. The Labute approximate surface area is 127 Å². The summed E-state index contributed by atoms with van der Waals surface area (Å²) in [5.41, 5.74) is -0.384. The molecular weight excluding hydrogens is 351 g/mol. The molecule has 0 unspecified atom stereocenters. The minimum absolute atomic E-state index is 0.128. The lowest BCUT2D eigenvalue weighted by atomic mass is 10.2. The molecule has 1 aromatic heterocycles.